The first-order chi connectivity index (χ1) is 25.4. The van der Waals surface area contributed by atoms with Gasteiger partial charge in [-0.15, -0.1) is 23.2 Å². The Labute approximate surface area is 328 Å². The zero-order chi connectivity index (χ0) is 38.2. The van der Waals surface area contributed by atoms with Crippen LogP contribution in [-0.4, -0.2) is 63.5 Å². The summed E-state index contributed by atoms with van der Waals surface area (Å²) in [6, 6.07) is 34.1. The monoisotopic (exact) mass is 796 g/mol. The largest absolute Gasteiger partial charge is 0.494 e. The summed E-state index contributed by atoms with van der Waals surface area (Å²) in [5.74, 6) is -1.77. The third kappa shape index (κ3) is 9.48. The minimum atomic E-state index is -2.98. The van der Waals surface area contributed by atoms with Crippen molar-refractivity contribution in [2.75, 3.05) is 25.0 Å². The molecule has 0 aliphatic carbocycles. The molecule has 0 radical (unpaired) electrons. The van der Waals surface area contributed by atoms with Crippen molar-refractivity contribution in [2.45, 2.75) is 70.5 Å². The number of carbonyl (C=O) groups is 2. The van der Waals surface area contributed by atoms with Crippen LogP contribution < -0.4 is 15.1 Å². The molecule has 0 N–H and O–H groups in total. The third-order valence-electron chi connectivity index (χ3n) is 9.71. The molecular weight excluding hydrogens is 751 g/mol. The molecule has 1 heterocycles. The quantitative estimate of drug-likeness (QED) is 0.0722. The molecule has 1 aliphatic heterocycles. The summed E-state index contributed by atoms with van der Waals surface area (Å²) < 4.78 is 31.8. The van der Waals surface area contributed by atoms with Gasteiger partial charge in [0.15, 0.2) is 6.10 Å². The molecule has 1 fully saturated rings. The van der Waals surface area contributed by atoms with E-state index in [9.17, 15) is 9.59 Å². The SMILES string of the molecule is CCOc1ccc(Cc2cc(C3OC(CO[Si](c4ccccc4)(c4ccccc4)C(C)(C)C)C(C)C(OC(=O)CCl)C3OC(=O)CCl)ccc2Cl)cc1. The standard InChI is InChI=1S/C42H47Cl3O7Si/c1-6-48-32-20-17-29(18-21-32)23-31-24-30(19-22-35(31)45)40-41(52-38(47)26-44)39(51-37(46)25-43)28(2)36(50-40)27-49-53(42(3,4)5,33-13-9-7-10-14-33)34-15-11-8-12-16-34/h7-22,24,28,36,39-41H,6,23,25-27H2,1-5H3. The van der Waals surface area contributed by atoms with Crippen LogP contribution in [0.3, 0.4) is 0 Å². The first kappa shape index (κ1) is 40.8. The van der Waals surface area contributed by atoms with Crippen molar-refractivity contribution < 1.29 is 33.0 Å². The normalized spacial score (nSPS) is 20.4. The molecule has 5 atom stereocenters. The number of alkyl halides is 2. The fourth-order valence-electron chi connectivity index (χ4n) is 7.17. The topological polar surface area (TPSA) is 80.3 Å². The van der Waals surface area contributed by atoms with Crippen LogP contribution in [0.15, 0.2) is 103 Å². The molecule has 5 unspecified atom stereocenters. The second-order valence-corrected chi connectivity index (χ2v) is 19.5. The summed E-state index contributed by atoms with van der Waals surface area (Å²) in [4.78, 5) is 25.7. The van der Waals surface area contributed by atoms with E-state index in [4.69, 9.17) is 58.2 Å². The van der Waals surface area contributed by atoms with Gasteiger partial charge in [-0.2, -0.15) is 0 Å². The molecule has 7 nitrogen and oxygen atoms in total. The molecule has 0 spiro atoms. The van der Waals surface area contributed by atoms with Crippen molar-refractivity contribution in [2.24, 2.45) is 5.92 Å². The second-order valence-electron chi connectivity index (χ2n) is 14.2. The Morgan fingerprint density at radius 1 is 0.792 bits per heavy atom. The van der Waals surface area contributed by atoms with Crippen LogP contribution in [0.5, 0.6) is 5.75 Å². The number of carbonyl (C=O) groups excluding carboxylic acids is 2. The van der Waals surface area contributed by atoms with Crippen molar-refractivity contribution in [3.63, 3.8) is 0 Å². The number of rotatable bonds is 14. The van der Waals surface area contributed by atoms with E-state index >= 15 is 0 Å². The average Bonchev–Trinajstić information content (AvgIpc) is 3.16. The molecule has 53 heavy (non-hydrogen) atoms. The van der Waals surface area contributed by atoms with E-state index in [1.807, 2.05) is 86.6 Å². The van der Waals surface area contributed by atoms with E-state index in [0.29, 0.717) is 23.6 Å². The van der Waals surface area contributed by atoms with Gasteiger partial charge in [-0.25, -0.2) is 0 Å². The van der Waals surface area contributed by atoms with Crippen molar-refractivity contribution in [3.05, 3.63) is 125 Å². The Bertz CT molecular complexity index is 1760. The lowest BCUT2D eigenvalue weighted by molar-refractivity contribution is -0.229. The minimum Gasteiger partial charge on any atom is -0.494 e. The van der Waals surface area contributed by atoms with Crippen molar-refractivity contribution in [1.82, 2.24) is 0 Å². The van der Waals surface area contributed by atoms with Gasteiger partial charge in [0.25, 0.3) is 8.32 Å². The maximum absolute atomic E-state index is 12.8. The lowest BCUT2D eigenvalue weighted by atomic mass is 9.85. The Kier molecular flexibility index (Phi) is 14.1. The van der Waals surface area contributed by atoms with Crippen LogP contribution in [0.1, 0.15) is 57.4 Å². The average molecular weight is 798 g/mol. The molecule has 282 valence electrons. The summed E-state index contributed by atoms with van der Waals surface area (Å²) in [5, 5.41) is 2.52. The smallest absolute Gasteiger partial charge is 0.321 e. The summed E-state index contributed by atoms with van der Waals surface area (Å²) >= 11 is 18.7. The van der Waals surface area contributed by atoms with Gasteiger partial charge in [-0.1, -0.05) is 124 Å². The number of ether oxygens (including phenoxy) is 4. The highest BCUT2D eigenvalue weighted by Crippen LogP contribution is 2.42. The molecule has 0 amide bonds. The van der Waals surface area contributed by atoms with E-state index in [2.05, 4.69) is 45.0 Å². The molecule has 5 rings (SSSR count). The Morgan fingerprint density at radius 3 is 1.89 bits per heavy atom. The van der Waals surface area contributed by atoms with E-state index in [0.717, 1.165) is 27.2 Å². The number of benzene rings is 4. The van der Waals surface area contributed by atoms with Crippen molar-refractivity contribution in [1.29, 1.82) is 0 Å². The van der Waals surface area contributed by atoms with Gasteiger partial charge in [0, 0.05) is 10.9 Å². The molecule has 4 aromatic rings. The molecule has 1 saturated heterocycles. The van der Waals surface area contributed by atoms with Gasteiger partial charge < -0.3 is 23.4 Å². The first-order valence-corrected chi connectivity index (χ1v) is 21.2. The number of hydrogen-bond donors (Lipinski definition) is 0. The molecule has 0 saturated carbocycles. The highest BCUT2D eigenvalue weighted by Gasteiger charge is 2.53. The predicted molar refractivity (Wildman–Crippen MR) is 213 cm³/mol. The highest BCUT2D eigenvalue weighted by molar-refractivity contribution is 6.99. The zero-order valence-corrected chi connectivity index (χ0v) is 34.0. The summed E-state index contributed by atoms with van der Waals surface area (Å²) in [6.07, 6.45) is -2.89. The van der Waals surface area contributed by atoms with Gasteiger partial charge in [0.05, 0.1) is 19.3 Å². The van der Waals surface area contributed by atoms with Crippen LogP contribution in [0.4, 0.5) is 0 Å². The Hall–Kier alpha value is -3.37. The third-order valence-corrected chi connectivity index (χ3v) is 15.5. The second kappa shape index (κ2) is 18.3. The predicted octanol–water partition coefficient (Wildman–Crippen LogP) is 8.28. The number of esters is 2. The van der Waals surface area contributed by atoms with Gasteiger partial charge >= 0.3 is 11.9 Å². The lowest BCUT2D eigenvalue weighted by Crippen LogP contribution is -2.67. The fraction of sp³-hybridized carbons (Fsp3) is 0.381. The van der Waals surface area contributed by atoms with Crippen molar-refractivity contribution >= 4 is 65.4 Å². The molecule has 0 aromatic heterocycles. The van der Waals surface area contributed by atoms with E-state index in [-0.39, 0.29) is 17.5 Å². The number of hydrogen-bond acceptors (Lipinski definition) is 7. The van der Waals surface area contributed by atoms with Gasteiger partial charge in [-0.3, -0.25) is 9.59 Å². The molecule has 4 aromatic carbocycles. The molecule has 1 aliphatic rings. The Balaban J connectivity index is 1.56. The summed E-state index contributed by atoms with van der Waals surface area (Å²) in [5.41, 5.74) is 2.56. The van der Waals surface area contributed by atoms with Crippen LogP contribution >= 0.6 is 34.8 Å². The zero-order valence-electron chi connectivity index (χ0n) is 30.7. The van der Waals surface area contributed by atoms with E-state index in [1.165, 1.54) is 0 Å². The molecular formula is C42H47Cl3O7Si. The number of halogens is 3. The van der Waals surface area contributed by atoms with Crippen molar-refractivity contribution in [3.8, 4) is 5.75 Å². The van der Waals surface area contributed by atoms with Crippen LogP contribution in [-0.2, 0) is 34.6 Å². The fourth-order valence-corrected chi connectivity index (χ4v) is 12.0. The van der Waals surface area contributed by atoms with Crippen LogP contribution in [0.2, 0.25) is 10.1 Å². The maximum atomic E-state index is 12.8. The minimum absolute atomic E-state index is 0.169. The highest BCUT2D eigenvalue weighted by atomic mass is 35.5. The van der Waals surface area contributed by atoms with Crippen LogP contribution in [0, 0.1) is 5.92 Å². The van der Waals surface area contributed by atoms with Crippen LogP contribution in [0.25, 0.3) is 0 Å². The van der Waals surface area contributed by atoms with E-state index < -0.39 is 56.5 Å². The summed E-state index contributed by atoms with van der Waals surface area (Å²) in [7, 11) is -2.98. The molecule has 0 bridgehead atoms. The van der Waals surface area contributed by atoms with E-state index in [1.54, 1.807) is 6.07 Å². The maximum Gasteiger partial charge on any atom is 0.321 e. The molecule has 11 heteroatoms. The van der Waals surface area contributed by atoms with Gasteiger partial charge in [-0.05, 0) is 63.6 Å². The Morgan fingerprint density at radius 2 is 1.36 bits per heavy atom. The lowest BCUT2D eigenvalue weighted by Gasteiger charge is -2.47. The first-order valence-electron chi connectivity index (χ1n) is 17.8. The summed E-state index contributed by atoms with van der Waals surface area (Å²) in [6.45, 7) is 11.2. The van der Waals surface area contributed by atoms with Gasteiger partial charge in [0.1, 0.15) is 29.7 Å². The van der Waals surface area contributed by atoms with Gasteiger partial charge in [0.2, 0.25) is 0 Å².